The van der Waals surface area contributed by atoms with Crippen molar-refractivity contribution in [2.75, 3.05) is 11.0 Å². The Balaban J connectivity index is 4.26. The van der Waals surface area contributed by atoms with Gasteiger partial charge in [0, 0.05) is 6.92 Å². The van der Waals surface area contributed by atoms with Gasteiger partial charge in [-0.3, -0.25) is 0 Å². The molecule has 0 aromatic heterocycles. The molecule has 0 heterocycles. The number of hydroxylamine groups is 2. The van der Waals surface area contributed by atoms with Crippen molar-refractivity contribution in [2.45, 2.75) is 26.7 Å². The summed E-state index contributed by atoms with van der Waals surface area (Å²) >= 11 is 2.02. The number of hydrogen-bond donors (Lipinski definition) is 0. The van der Waals surface area contributed by atoms with Crippen molar-refractivity contribution in [3.8, 4) is 12.0 Å². The molecule has 1 amide bonds. The van der Waals surface area contributed by atoms with Gasteiger partial charge in [-0.15, -0.1) is 0 Å². The Morgan fingerprint density at radius 1 is 1.44 bits per heavy atom. The number of alkyl halides is 1. The van der Waals surface area contributed by atoms with Gasteiger partial charge >= 0.3 is 12.1 Å². The molecule has 0 aliphatic heterocycles. The van der Waals surface area contributed by atoms with Gasteiger partial charge < -0.3 is 9.57 Å². The van der Waals surface area contributed by atoms with Crippen LogP contribution in [0.15, 0.2) is 0 Å². The zero-order chi connectivity index (χ0) is 12.4. The van der Waals surface area contributed by atoms with E-state index >= 15 is 0 Å². The summed E-state index contributed by atoms with van der Waals surface area (Å²) in [7, 11) is 0. The Labute approximate surface area is 109 Å². The lowest BCUT2D eigenvalue weighted by Gasteiger charge is -2.12. The monoisotopic (exact) mass is 339 g/mol. The lowest BCUT2D eigenvalue weighted by Crippen LogP contribution is -2.29. The smallest absolute Gasteiger partial charge is 0.447 e. The second-order valence-corrected chi connectivity index (χ2v) is 3.53. The summed E-state index contributed by atoms with van der Waals surface area (Å²) in [4.78, 5) is 26.7. The first kappa shape index (κ1) is 15.0. The van der Waals surface area contributed by atoms with Gasteiger partial charge in [-0.05, 0) is 6.42 Å². The van der Waals surface area contributed by atoms with Crippen LogP contribution in [0.3, 0.4) is 0 Å². The second-order valence-electron chi connectivity index (χ2n) is 2.77. The molecule has 0 spiro atoms. The molecule has 16 heavy (non-hydrogen) atoms. The van der Waals surface area contributed by atoms with Crippen LogP contribution in [0.2, 0.25) is 0 Å². The topological polar surface area (TPSA) is 55.8 Å². The average Bonchev–Trinajstić information content (AvgIpc) is 2.23. The Hall–Kier alpha value is -0.970. The Kier molecular flexibility index (Phi) is 8.71. The van der Waals surface area contributed by atoms with Crippen molar-refractivity contribution in [3.05, 3.63) is 0 Å². The van der Waals surface area contributed by atoms with E-state index in [0.717, 1.165) is 12.8 Å². The summed E-state index contributed by atoms with van der Waals surface area (Å²) in [6, 6.07) is 2.39. The van der Waals surface area contributed by atoms with E-state index < -0.39 is 12.1 Å². The van der Waals surface area contributed by atoms with Crippen LogP contribution < -0.4 is 0 Å². The van der Waals surface area contributed by atoms with Crippen LogP contribution in [0, 0.1) is 12.0 Å². The largest absolute Gasteiger partial charge is 0.456 e. The third-order valence-corrected chi connectivity index (χ3v) is 1.74. The molecular weight excluding hydrogens is 325 g/mol. The molecule has 5 nitrogen and oxygen atoms in total. The van der Waals surface area contributed by atoms with Crippen LogP contribution in [0.1, 0.15) is 26.7 Å². The number of halogens is 1. The van der Waals surface area contributed by atoms with Gasteiger partial charge in [-0.25, -0.2) is 9.59 Å². The van der Waals surface area contributed by atoms with E-state index in [2.05, 4.69) is 16.8 Å². The standard InChI is InChI=1S/C10H14INO4/c1-3-4-8-15-10(14)12(7-5-6-11)16-9(2)13/h3-4,6,8H2,1-2H3. The molecule has 0 N–H and O–H groups in total. The highest BCUT2D eigenvalue weighted by Gasteiger charge is 2.16. The first-order valence-corrected chi connectivity index (χ1v) is 6.34. The molecule has 0 atom stereocenters. The third kappa shape index (κ3) is 7.34. The lowest BCUT2D eigenvalue weighted by atomic mass is 10.4. The lowest BCUT2D eigenvalue weighted by molar-refractivity contribution is -0.167. The fraction of sp³-hybridized carbons (Fsp3) is 0.600. The van der Waals surface area contributed by atoms with Crippen molar-refractivity contribution < 1.29 is 19.2 Å². The summed E-state index contributed by atoms with van der Waals surface area (Å²) in [5.74, 6) is 1.99. The minimum Gasteiger partial charge on any atom is -0.447 e. The first-order chi connectivity index (χ1) is 7.61. The van der Waals surface area contributed by atoms with Crippen LogP contribution >= 0.6 is 22.6 Å². The molecule has 0 fully saturated rings. The molecule has 90 valence electrons. The Morgan fingerprint density at radius 2 is 2.12 bits per heavy atom. The van der Waals surface area contributed by atoms with E-state index in [4.69, 9.17) is 4.74 Å². The zero-order valence-electron chi connectivity index (χ0n) is 9.29. The van der Waals surface area contributed by atoms with E-state index in [1.807, 2.05) is 29.5 Å². The van der Waals surface area contributed by atoms with Gasteiger partial charge in [0.15, 0.2) is 0 Å². The summed E-state index contributed by atoms with van der Waals surface area (Å²) in [6.07, 6.45) is 0.917. The highest BCUT2D eigenvalue weighted by atomic mass is 127. The summed E-state index contributed by atoms with van der Waals surface area (Å²) in [6.45, 7) is 3.46. The van der Waals surface area contributed by atoms with Crippen LogP contribution in [0.5, 0.6) is 0 Å². The Morgan fingerprint density at radius 3 is 2.62 bits per heavy atom. The number of carbonyl (C=O) groups excluding carboxylic acids is 2. The molecule has 0 aromatic carbocycles. The minimum absolute atomic E-state index is 0.291. The highest BCUT2D eigenvalue weighted by molar-refractivity contribution is 14.1. The molecule has 0 aliphatic carbocycles. The number of hydrogen-bond acceptors (Lipinski definition) is 4. The van der Waals surface area contributed by atoms with E-state index in [-0.39, 0.29) is 0 Å². The third-order valence-electron chi connectivity index (χ3n) is 1.36. The molecule has 0 bridgehead atoms. The maximum Gasteiger partial charge on any atom is 0.456 e. The maximum atomic E-state index is 11.4. The molecule has 6 heteroatoms. The van der Waals surface area contributed by atoms with Crippen LogP contribution in [-0.4, -0.2) is 28.2 Å². The van der Waals surface area contributed by atoms with Crippen LogP contribution in [0.25, 0.3) is 0 Å². The van der Waals surface area contributed by atoms with Gasteiger partial charge in [0.1, 0.15) is 0 Å². The van der Waals surface area contributed by atoms with Gasteiger partial charge in [-0.2, -0.15) is 0 Å². The highest BCUT2D eigenvalue weighted by Crippen LogP contribution is 1.97. The predicted octanol–water partition coefficient (Wildman–Crippen LogP) is 2.10. The van der Waals surface area contributed by atoms with Gasteiger partial charge in [0.25, 0.3) is 0 Å². The van der Waals surface area contributed by atoms with Gasteiger partial charge in [0.05, 0.1) is 17.1 Å². The van der Waals surface area contributed by atoms with Crippen molar-refractivity contribution in [1.29, 1.82) is 0 Å². The molecule has 0 saturated carbocycles. The van der Waals surface area contributed by atoms with E-state index in [1.54, 1.807) is 0 Å². The van der Waals surface area contributed by atoms with Crippen molar-refractivity contribution in [1.82, 2.24) is 5.06 Å². The van der Waals surface area contributed by atoms with Gasteiger partial charge in [0.2, 0.25) is 0 Å². The predicted molar refractivity (Wildman–Crippen MR) is 66.5 cm³/mol. The summed E-state index contributed by atoms with van der Waals surface area (Å²) in [5, 5.41) is 0.622. The van der Waals surface area contributed by atoms with Gasteiger partial charge in [-0.1, -0.05) is 46.9 Å². The minimum atomic E-state index is -0.763. The van der Waals surface area contributed by atoms with E-state index in [1.165, 1.54) is 6.92 Å². The summed E-state index contributed by atoms with van der Waals surface area (Å²) < 4.78 is 5.37. The first-order valence-electron chi connectivity index (χ1n) is 4.81. The molecule has 0 unspecified atom stereocenters. The number of unbranched alkanes of at least 4 members (excludes halogenated alkanes) is 1. The van der Waals surface area contributed by atoms with Crippen molar-refractivity contribution in [2.24, 2.45) is 0 Å². The van der Waals surface area contributed by atoms with Crippen molar-refractivity contribution in [3.63, 3.8) is 0 Å². The number of nitrogens with zero attached hydrogens (tertiary/aromatic N) is 1. The normalized spacial score (nSPS) is 8.69. The molecule has 0 aromatic rings. The van der Waals surface area contributed by atoms with Crippen molar-refractivity contribution >= 4 is 34.7 Å². The fourth-order valence-corrected chi connectivity index (χ4v) is 0.869. The fourth-order valence-electron chi connectivity index (χ4n) is 0.698. The molecule has 0 aliphatic rings. The molecule has 0 radical (unpaired) electrons. The number of carbonyl (C=O) groups is 2. The molecule has 0 rings (SSSR count). The maximum absolute atomic E-state index is 11.4. The quantitative estimate of drug-likeness (QED) is 0.197. The SMILES string of the molecule is CCCCOC(=O)N(C#CCI)OC(C)=O. The van der Waals surface area contributed by atoms with E-state index in [9.17, 15) is 9.59 Å². The zero-order valence-corrected chi connectivity index (χ0v) is 11.4. The summed E-state index contributed by atoms with van der Waals surface area (Å²) in [5.41, 5.74) is 0. The number of rotatable bonds is 3. The van der Waals surface area contributed by atoms with Crippen LogP contribution in [0.4, 0.5) is 4.79 Å². The molecule has 0 saturated heterocycles. The van der Waals surface area contributed by atoms with Crippen LogP contribution in [-0.2, 0) is 14.4 Å². The Bertz CT molecular complexity index is 295. The number of amides is 1. The molecular formula is C10H14INO4. The number of ether oxygens (including phenoxy) is 1. The average molecular weight is 339 g/mol. The second kappa shape index (κ2) is 9.27. The van der Waals surface area contributed by atoms with E-state index in [0.29, 0.717) is 16.1 Å².